The topological polar surface area (TPSA) is 36.7 Å². The number of hydrogen-bond acceptors (Lipinski definition) is 3. The normalized spacial score (nSPS) is 18.3. The summed E-state index contributed by atoms with van der Waals surface area (Å²) >= 11 is 1.67. The number of nitrogens with zero attached hydrogens (tertiary/aromatic N) is 2. The van der Waals surface area contributed by atoms with Gasteiger partial charge < -0.3 is 0 Å². The smallest absolute Gasteiger partial charge is 0.114 e. The van der Waals surface area contributed by atoms with E-state index in [1.54, 1.807) is 11.3 Å². The van der Waals surface area contributed by atoms with Gasteiger partial charge in [-0.15, -0.1) is 11.3 Å². The number of aromatic nitrogens is 1. The largest absolute Gasteiger partial charge is 0.239 e. The number of thiazole rings is 1. The second-order valence-electron chi connectivity index (χ2n) is 4.03. The Kier molecular flexibility index (Phi) is 1.80. The molecular formula is C12H10N2S. The van der Waals surface area contributed by atoms with E-state index < -0.39 is 0 Å². The van der Waals surface area contributed by atoms with Crippen LogP contribution >= 0.6 is 11.3 Å². The molecular weight excluding hydrogens is 204 g/mol. The van der Waals surface area contributed by atoms with E-state index in [1.165, 1.54) is 4.70 Å². The summed E-state index contributed by atoms with van der Waals surface area (Å²) in [5.41, 5.74) is 0.767. The van der Waals surface area contributed by atoms with Crippen LogP contribution in [0.3, 0.4) is 0 Å². The number of rotatable bonds is 1. The molecule has 0 saturated heterocycles. The van der Waals surface area contributed by atoms with E-state index >= 15 is 0 Å². The highest BCUT2D eigenvalue weighted by molar-refractivity contribution is 7.18. The fourth-order valence-electron chi connectivity index (χ4n) is 1.98. The van der Waals surface area contributed by atoms with Gasteiger partial charge in [-0.05, 0) is 31.4 Å². The standard InChI is InChI=1S/C12H10N2S/c13-8-12(6-3-7-12)11-14-9-4-1-2-5-10(9)15-11/h1-2,4-5H,3,6-7H2. The molecule has 1 aliphatic carbocycles. The van der Waals surface area contributed by atoms with Crippen molar-refractivity contribution in [2.45, 2.75) is 24.7 Å². The Morgan fingerprint density at radius 1 is 1.33 bits per heavy atom. The van der Waals surface area contributed by atoms with E-state index in [9.17, 15) is 5.26 Å². The lowest BCUT2D eigenvalue weighted by Gasteiger charge is -2.32. The summed E-state index contributed by atoms with van der Waals surface area (Å²) in [6, 6.07) is 10.5. The molecule has 0 amide bonds. The first-order valence-corrected chi connectivity index (χ1v) is 5.93. The molecule has 1 aromatic carbocycles. The van der Waals surface area contributed by atoms with Crippen molar-refractivity contribution in [3.8, 4) is 6.07 Å². The number of nitriles is 1. The number of hydrogen-bond donors (Lipinski definition) is 0. The summed E-state index contributed by atoms with van der Waals surface area (Å²) in [5, 5.41) is 10.2. The summed E-state index contributed by atoms with van der Waals surface area (Å²) < 4.78 is 1.19. The Labute approximate surface area is 92.2 Å². The minimum Gasteiger partial charge on any atom is -0.239 e. The van der Waals surface area contributed by atoms with Gasteiger partial charge in [0, 0.05) is 0 Å². The first-order valence-electron chi connectivity index (χ1n) is 5.11. The van der Waals surface area contributed by atoms with Crippen LogP contribution in [0.4, 0.5) is 0 Å². The average molecular weight is 214 g/mol. The van der Waals surface area contributed by atoms with Gasteiger partial charge in [-0.2, -0.15) is 5.26 Å². The lowest BCUT2D eigenvalue weighted by Crippen LogP contribution is -2.32. The first kappa shape index (κ1) is 8.87. The number of para-hydroxylation sites is 1. The highest BCUT2D eigenvalue weighted by Crippen LogP contribution is 2.45. The van der Waals surface area contributed by atoms with Crippen LogP contribution in [0, 0.1) is 11.3 Å². The summed E-state index contributed by atoms with van der Waals surface area (Å²) in [4.78, 5) is 4.57. The Bertz CT molecular complexity index is 513. The SMILES string of the molecule is N#CC1(c2nc3ccccc3s2)CCC1. The Balaban J connectivity index is 2.16. The van der Waals surface area contributed by atoms with Crippen molar-refractivity contribution in [2.75, 3.05) is 0 Å². The van der Waals surface area contributed by atoms with Gasteiger partial charge in [-0.3, -0.25) is 0 Å². The van der Waals surface area contributed by atoms with E-state index in [1.807, 2.05) is 18.2 Å². The van der Waals surface area contributed by atoms with Gasteiger partial charge >= 0.3 is 0 Å². The van der Waals surface area contributed by atoms with Crippen LogP contribution in [-0.2, 0) is 5.41 Å². The Hall–Kier alpha value is -1.40. The zero-order valence-electron chi connectivity index (χ0n) is 8.23. The molecule has 3 rings (SSSR count). The molecule has 2 aromatic rings. The molecule has 0 aliphatic heterocycles. The van der Waals surface area contributed by atoms with Crippen molar-refractivity contribution in [1.82, 2.24) is 4.98 Å². The monoisotopic (exact) mass is 214 g/mol. The fraction of sp³-hybridized carbons (Fsp3) is 0.333. The van der Waals surface area contributed by atoms with Crippen molar-refractivity contribution < 1.29 is 0 Å². The second-order valence-corrected chi connectivity index (χ2v) is 5.06. The first-order chi connectivity index (χ1) is 7.34. The van der Waals surface area contributed by atoms with Gasteiger partial charge in [0.2, 0.25) is 0 Å². The third-order valence-corrected chi connectivity index (χ3v) is 4.36. The van der Waals surface area contributed by atoms with Crippen molar-refractivity contribution in [3.63, 3.8) is 0 Å². The second kappa shape index (κ2) is 3.04. The summed E-state index contributed by atoms with van der Waals surface area (Å²) in [6.45, 7) is 0. The van der Waals surface area contributed by atoms with Crippen molar-refractivity contribution in [1.29, 1.82) is 5.26 Å². The zero-order valence-corrected chi connectivity index (χ0v) is 9.05. The highest BCUT2D eigenvalue weighted by Gasteiger charge is 2.41. The predicted molar refractivity (Wildman–Crippen MR) is 60.8 cm³/mol. The van der Waals surface area contributed by atoms with Gasteiger partial charge in [0.1, 0.15) is 10.4 Å². The third kappa shape index (κ3) is 1.18. The molecule has 1 saturated carbocycles. The zero-order chi connectivity index (χ0) is 10.3. The van der Waals surface area contributed by atoms with E-state index in [4.69, 9.17) is 0 Å². The summed E-state index contributed by atoms with van der Waals surface area (Å²) in [5.74, 6) is 0. The van der Waals surface area contributed by atoms with E-state index in [0.29, 0.717) is 0 Å². The van der Waals surface area contributed by atoms with Crippen LogP contribution in [0.1, 0.15) is 24.3 Å². The number of fused-ring (bicyclic) bond motifs is 1. The lowest BCUT2D eigenvalue weighted by molar-refractivity contribution is 0.323. The van der Waals surface area contributed by atoms with Crippen LogP contribution < -0.4 is 0 Å². The maximum absolute atomic E-state index is 9.23. The fourth-order valence-corrected chi connectivity index (χ4v) is 3.14. The predicted octanol–water partition coefficient (Wildman–Crippen LogP) is 3.24. The van der Waals surface area contributed by atoms with Crippen LogP contribution in [0.15, 0.2) is 24.3 Å². The van der Waals surface area contributed by atoms with Gasteiger partial charge in [-0.1, -0.05) is 12.1 Å². The Morgan fingerprint density at radius 3 is 2.73 bits per heavy atom. The van der Waals surface area contributed by atoms with Gasteiger partial charge in [0.15, 0.2) is 0 Å². The molecule has 0 N–H and O–H groups in total. The minimum absolute atomic E-state index is 0.260. The number of benzene rings is 1. The third-order valence-electron chi connectivity index (χ3n) is 3.12. The molecule has 1 heterocycles. The maximum Gasteiger partial charge on any atom is 0.114 e. The lowest BCUT2D eigenvalue weighted by atomic mass is 9.70. The van der Waals surface area contributed by atoms with Crippen molar-refractivity contribution >= 4 is 21.6 Å². The van der Waals surface area contributed by atoms with Gasteiger partial charge in [-0.25, -0.2) is 4.98 Å². The molecule has 0 unspecified atom stereocenters. The van der Waals surface area contributed by atoms with Gasteiger partial charge in [0.05, 0.1) is 16.3 Å². The maximum atomic E-state index is 9.23. The summed E-state index contributed by atoms with van der Waals surface area (Å²) in [7, 11) is 0. The molecule has 0 atom stereocenters. The minimum atomic E-state index is -0.260. The molecule has 0 spiro atoms. The molecule has 1 aliphatic rings. The van der Waals surface area contributed by atoms with Crippen LogP contribution in [-0.4, -0.2) is 4.98 Å². The van der Waals surface area contributed by atoms with E-state index in [2.05, 4.69) is 17.1 Å². The van der Waals surface area contributed by atoms with Crippen LogP contribution in [0.2, 0.25) is 0 Å². The van der Waals surface area contributed by atoms with Gasteiger partial charge in [0.25, 0.3) is 0 Å². The molecule has 3 heteroatoms. The quantitative estimate of drug-likeness (QED) is 0.730. The van der Waals surface area contributed by atoms with Crippen LogP contribution in [0.5, 0.6) is 0 Å². The van der Waals surface area contributed by atoms with Crippen molar-refractivity contribution in [2.24, 2.45) is 0 Å². The van der Waals surface area contributed by atoms with E-state index in [0.717, 1.165) is 29.8 Å². The molecule has 74 valence electrons. The van der Waals surface area contributed by atoms with Crippen LogP contribution in [0.25, 0.3) is 10.2 Å². The highest BCUT2D eigenvalue weighted by atomic mass is 32.1. The average Bonchev–Trinajstić information content (AvgIpc) is 2.60. The molecule has 0 bridgehead atoms. The molecule has 1 aromatic heterocycles. The summed E-state index contributed by atoms with van der Waals surface area (Å²) in [6.07, 6.45) is 3.11. The van der Waals surface area contributed by atoms with Crippen molar-refractivity contribution in [3.05, 3.63) is 29.3 Å². The molecule has 15 heavy (non-hydrogen) atoms. The van der Waals surface area contributed by atoms with E-state index in [-0.39, 0.29) is 5.41 Å². The molecule has 0 radical (unpaired) electrons. The molecule has 1 fully saturated rings. The Morgan fingerprint density at radius 2 is 2.13 bits per heavy atom. The molecule has 2 nitrogen and oxygen atoms in total.